The van der Waals surface area contributed by atoms with E-state index in [1.54, 1.807) is 7.05 Å². The van der Waals surface area contributed by atoms with Crippen LogP contribution in [0.5, 0.6) is 0 Å². The Balaban J connectivity index is 0.972. The molecule has 1 atom stereocenters. The zero-order valence-electron chi connectivity index (χ0n) is 35.2. The average Bonchev–Trinajstić information content (AvgIpc) is 3.56. The molecule has 0 spiro atoms. The molecule has 14 heteroatoms. The Labute approximate surface area is 345 Å². The number of amides is 1. The summed E-state index contributed by atoms with van der Waals surface area (Å²) >= 11 is 0. The van der Waals surface area contributed by atoms with Gasteiger partial charge in [-0.15, -0.1) is 0 Å². The number of benzene rings is 2. The van der Waals surface area contributed by atoms with E-state index in [0.717, 1.165) is 25.7 Å². The number of hydrogen-bond donors (Lipinski definition) is 0. The Morgan fingerprint density at radius 3 is 1.31 bits per heavy atom. The largest absolute Gasteiger partial charge is 0.463 e. The summed E-state index contributed by atoms with van der Waals surface area (Å²) < 4.78 is 60.7. The van der Waals surface area contributed by atoms with Gasteiger partial charge in [-0.1, -0.05) is 75.2 Å². The standard InChI is InChI=1S/C44H69NO13/c1-4-6-11-37(5-2)43(46)57-35-34-56-33-32-55-31-30-54-29-28-53-27-26-52-25-24-51-23-22-50-21-20-49-19-18-48-17-16-45(3)44(47)58-36-42-40-14-9-7-12-38(40)39-13-8-10-15-41(39)42/h7-10,12-15,37,42H,4-6,11,16-36H2,1-3H3. The number of likely N-dealkylation sites (N-methyl/N-ethyl adjacent to an activating group) is 1. The van der Waals surface area contributed by atoms with Crippen LogP contribution in [0.2, 0.25) is 0 Å². The van der Waals surface area contributed by atoms with Crippen molar-refractivity contribution in [2.45, 2.75) is 45.4 Å². The Morgan fingerprint density at radius 1 is 0.534 bits per heavy atom. The lowest BCUT2D eigenvalue weighted by molar-refractivity contribution is -0.150. The summed E-state index contributed by atoms with van der Waals surface area (Å²) in [5.74, 6) is -0.0987. The van der Waals surface area contributed by atoms with Gasteiger partial charge < -0.3 is 57.0 Å². The molecule has 328 valence electrons. The first kappa shape index (κ1) is 49.2. The van der Waals surface area contributed by atoms with E-state index in [1.807, 2.05) is 31.2 Å². The summed E-state index contributed by atoms with van der Waals surface area (Å²) in [7, 11) is 1.71. The molecule has 0 fully saturated rings. The van der Waals surface area contributed by atoms with Crippen LogP contribution in [0.4, 0.5) is 4.79 Å². The minimum Gasteiger partial charge on any atom is -0.463 e. The molecule has 1 unspecified atom stereocenters. The summed E-state index contributed by atoms with van der Waals surface area (Å²) in [5.41, 5.74) is 4.79. The minimum atomic E-state index is -0.367. The van der Waals surface area contributed by atoms with Gasteiger partial charge in [0.1, 0.15) is 13.2 Å². The molecule has 0 saturated heterocycles. The number of unbranched alkanes of at least 4 members (excludes halogenated alkanes) is 1. The molecule has 1 aliphatic rings. The Bertz CT molecular complexity index is 1300. The Hall–Kier alpha value is -3.18. The number of fused-ring (bicyclic) bond motifs is 3. The molecule has 1 aliphatic carbocycles. The predicted octanol–water partition coefficient (Wildman–Crippen LogP) is 5.78. The van der Waals surface area contributed by atoms with Crippen LogP contribution < -0.4 is 0 Å². The van der Waals surface area contributed by atoms with E-state index in [0.29, 0.717) is 132 Å². The van der Waals surface area contributed by atoms with Crippen LogP contribution in [0, 0.1) is 5.92 Å². The highest BCUT2D eigenvalue weighted by atomic mass is 16.6. The summed E-state index contributed by atoms with van der Waals surface area (Å²) in [5, 5.41) is 0. The van der Waals surface area contributed by atoms with E-state index in [9.17, 15) is 9.59 Å². The van der Waals surface area contributed by atoms with Gasteiger partial charge in [0.25, 0.3) is 0 Å². The van der Waals surface area contributed by atoms with E-state index < -0.39 is 0 Å². The van der Waals surface area contributed by atoms with E-state index in [2.05, 4.69) is 31.2 Å². The van der Waals surface area contributed by atoms with Gasteiger partial charge in [0.05, 0.1) is 125 Å². The maximum atomic E-state index is 12.6. The first-order chi connectivity index (χ1) is 28.6. The summed E-state index contributed by atoms with van der Waals surface area (Å²) in [6, 6.07) is 16.6. The van der Waals surface area contributed by atoms with Gasteiger partial charge in [0.2, 0.25) is 0 Å². The van der Waals surface area contributed by atoms with Gasteiger partial charge in [-0.2, -0.15) is 0 Å². The van der Waals surface area contributed by atoms with Gasteiger partial charge in [-0.25, -0.2) is 4.79 Å². The Morgan fingerprint density at radius 2 is 0.914 bits per heavy atom. The molecular formula is C44H69NO13. The molecule has 3 rings (SSSR count). The van der Waals surface area contributed by atoms with Gasteiger partial charge in [0, 0.05) is 19.5 Å². The second kappa shape index (κ2) is 32.6. The molecule has 1 amide bonds. The monoisotopic (exact) mass is 819 g/mol. The number of hydrogen-bond acceptors (Lipinski definition) is 13. The van der Waals surface area contributed by atoms with Crippen LogP contribution >= 0.6 is 0 Å². The minimum absolute atomic E-state index is 0.00996. The van der Waals surface area contributed by atoms with Gasteiger partial charge in [0.15, 0.2) is 0 Å². The highest BCUT2D eigenvalue weighted by Gasteiger charge is 2.29. The SMILES string of the molecule is CCCCC(CC)C(=O)OCCOCCOCCOCCOCCOCCOCCOCCOCCOCCN(C)C(=O)OCC1c2ccccc2-c2ccccc21. The zero-order chi connectivity index (χ0) is 41.3. The third-order valence-electron chi connectivity index (χ3n) is 9.40. The smallest absolute Gasteiger partial charge is 0.409 e. The van der Waals surface area contributed by atoms with Crippen LogP contribution in [0.1, 0.15) is 56.6 Å². The molecule has 0 heterocycles. The van der Waals surface area contributed by atoms with Gasteiger partial charge >= 0.3 is 12.1 Å². The van der Waals surface area contributed by atoms with Crippen molar-refractivity contribution < 1.29 is 61.7 Å². The lowest BCUT2D eigenvalue weighted by Crippen LogP contribution is -2.32. The van der Waals surface area contributed by atoms with Crippen LogP contribution in [0.3, 0.4) is 0 Å². The molecule has 2 aromatic rings. The molecule has 58 heavy (non-hydrogen) atoms. The van der Waals surface area contributed by atoms with Crippen LogP contribution in [-0.2, 0) is 56.9 Å². The molecular weight excluding hydrogens is 750 g/mol. The summed E-state index contributed by atoms with van der Waals surface area (Å²) in [4.78, 5) is 26.2. The van der Waals surface area contributed by atoms with Crippen molar-refractivity contribution in [1.29, 1.82) is 0 Å². The first-order valence-corrected chi connectivity index (χ1v) is 21.0. The molecule has 0 aromatic heterocycles. The molecule has 14 nitrogen and oxygen atoms in total. The van der Waals surface area contributed by atoms with Crippen molar-refractivity contribution in [1.82, 2.24) is 4.90 Å². The van der Waals surface area contributed by atoms with Crippen molar-refractivity contribution in [2.75, 3.05) is 146 Å². The van der Waals surface area contributed by atoms with Crippen LogP contribution in [-0.4, -0.2) is 163 Å². The average molecular weight is 820 g/mol. The van der Waals surface area contributed by atoms with E-state index in [1.165, 1.54) is 27.2 Å². The lowest BCUT2D eigenvalue weighted by atomic mass is 9.98. The third-order valence-corrected chi connectivity index (χ3v) is 9.40. The van der Waals surface area contributed by atoms with E-state index in [-0.39, 0.29) is 30.5 Å². The molecule has 0 bridgehead atoms. The quantitative estimate of drug-likeness (QED) is 0.0603. The molecule has 0 radical (unpaired) electrons. The van der Waals surface area contributed by atoms with Gasteiger partial charge in [-0.05, 0) is 35.1 Å². The highest BCUT2D eigenvalue weighted by molar-refractivity contribution is 5.79. The number of esters is 1. The zero-order valence-corrected chi connectivity index (χ0v) is 35.2. The predicted molar refractivity (Wildman–Crippen MR) is 219 cm³/mol. The van der Waals surface area contributed by atoms with Crippen molar-refractivity contribution in [3.63, 3.8) is 0 Å². The van der Waals surface area contributed by atoms with Crippen LogP contribution in [0.15, 0.2) is 48.5 Å². The fourth-order valence-electron chi connectivity index (χ4n) is 6.12. The summed E-state index contributed by atoms with van der Waals surface area (Å²) in [6.07, 6.45) is 3.45. The fraction of sp³-hybridized carbons (Fsp3) is 0.682. The third kappa shape index (κ3) is 20.7. The van der Waals surface area contributed by atoms with Crippen molar-refractivity contribution in [3.8, 4) is 11.1 Å². The van der Waals surface area contributed by atoms with Crippen molar-refractivity contribution in [2.24, 2.45) is 5.92 Å². The van der Waals surface area contributed by atoms with Gasteiger partial charge in [-0.3, -0.25) is 4.79 Å². The normalized spacial score (nSPS) is 12.7. The second-order valence-electron chi connectivity index (χ2n) is 13.7. The highest BCUT2D eigenvalue weighted by Crippen LogP contribution is 2.44. The number of carbonyl (C=O) groups excluding carboxylic acids is 2. The lowest BCUT2D eigenvalue weighted by Gasteiger charge is -2.19. The van der Waals surface area contributed by atoms with Crippen molar-refractivity contribution in [3.05, 3.63) is 59.7 Å². The topological polar surface area (TPSA) is 139 Å². The first-order valence-electron chi connectivity index (χ1n) is 21.0. The second-order valence-corrected chi connectivity index (χ2v) is 13.7. The maximum absolute atomic E-state index is 12.6. The fourth-order valence-corrected chi connectivity index (χ4v) is 6.12. The number of nitrogens with zero attached hydrogens (tertiary/aromatic N) is 1. The molecule has 0 aliphatic heterocycles. The molecule has 0 saturated carbocycles. The van der Waals surface area contributed by atoms with Crippen LogP contribution in [0.25, 0.3) is 11.1 Å². The summed E-state index contributed by atoms with van der Waals surface area (Å²) in [6.45, 7) is 13.4. The maximum Gasteiger partial charge on any atom is 0.409 e. The van der Waals surface area contributed by atoms with E-state index in [4.69, 9.17) is 52.1 Å². The number of ether oxygens (including phenoxy) is 11. The number of carbonyl (C=O) groups is 2. The number of rotatable bonds is 37. The van der Waals surface area contributed by atoms with E-state index >= 15 is 0 Å². The molecule has 2 aromatic carbocycles. The Kier molecular flexibility index (Phi) is 27.7. The van der Waals surface area contributed by atoms with Crippen molar-refractivity contribution >= 4 is 12.1 Å². The molecule has 0 N–H and O–H groups in total.